The van der Waals surface area contributed by atoms with E-state index in [4.69, 9.17) is 10.2 Å². The van der Waals surface area contributed by atoms with Crippen LogP contribution in [0.4, 0.5) is 0 Å². The van der Waals surface area contributed by atoms with Gasteiger partial charge < -0.3 is 10.2 Å². The van der Waals surface area contributed by atoms with Gasteiger partial charge in [-0.05, 0) is 19.8 Å². The highest BCUT2D eigenvalue weighted by molar-refractivity contribution is 5.73. The summed E-state index contributed by atoms with van der Waals surface area (Å²) in [5.74, 6) is 3.13. The highest BCUT2D eigenvalue weighted by Crippen LogP contribution is 2.12. The minimum Gasteiger partial charge on any atom is -0.481 e. The van der Waals surface area contributed by atoms with Gasteiger partial charge in [-0.1, -0.05) is 31.6 Å². The van der Waals surface area contributed by atoms with Gasteiger partial charge >= 0.3 is 11.9 Å². The van der Waals surface area contributed by atoms with Crippen LogP contribution >= 0.6 is 0 Å². The predicted molar refractivity (Wildman–Crippen MR) is 64.5 cm³/mol. The van der Waals surface area contributed by atoms with Crippen LogP contribution in [0.2, 0.25) is 0 Å². The summed E-state index contributed by atoms with van der Waals surface area (Å²) in [7, 11) is 0. The Morgan fingerprint density at radius 2 is 1.65 bits per heavy atom. The number of hydrogen-bond acceptors (Lipinski definition) is 2. The third kappa shape index (κ3) is 9.43. The molecule has 0 rings (SSSR count). The molecule has 1 atom stereocenters. The van der Waals surface area contributed by atoms with Gasteiger partial charge in [0.1, 0.15) is 5.92 Å². The average Bonchev–Trinajstić information content (AvgIpc) is 2.25. The van der Waals surface area contributed by atoms with Gasteiger partial charge in [0.05, 0.1) is 0 Å². The van der Waals surface area contributed by atoms with Crippen LogP contribution in [-0.4, -0.2) is 22.2 Å². The van der Waals surface area contributed by atoms with Gasteiger partial charge in [-0.3, -0.25) is 9.59 Å². The Hall–Kier alpha value is -1.50. The molecule has 0 heterocycles. The highest BCUT2D eigenvalue weighted by atomic mass is 16.4. The zero-order valence-electron chi connectivity index (χ0n) is 10.2. The average molecular weight is 240 g/mol. The smallest absolute Gasteiger partial charge is 0.318 e. The van der Waals surface area contributed by atoms with Crippen molar-refractivity contribution in [1.82, 2.24) is 0 Å². The fourth-order valence-electron chi connectivity index (χ4n) is 1.59. The van der Waals surface area contributed by atoms with Crippen molar-refractivity contribution < 1.29 is 19.8 Å². The van der Waals surface area contributed by atoms with Gasteiger partial charge in [-0.25, -0.2) is 0 Å². The Morgan fingerprint density at radius 3 is 2.18 bits per heavy atom. The van der Waals surface area contributed by atoms with Crippen LogP contribution in [0.3, 0.4) is 0 Å². The Bertz CT molecular complexity index is 298. The number of carboxylic acids is 2. The highest BCUT2D eigenvalue weighted by Gasteiger charge is 2.12. The summed E-state index contributed by atoms with van der Waals surface area (Å²) in [4.78, 5) is 21.0. The van der Waals surface area contributed by atoms with Gasteiger partial charge in [-0.15, -0.1) is 5.92 Å². The summed E-state index contributed by atoms with van der Waals surface area (Å²) in [5.41, 5.74) is 0. The van der Waals surface area contributed by atoms with Crippen LogP contribution < -0.4 is 0 Å². The second-order valence-electron chi connectivity index (χ2n) is 3.99. The fourth-order valence-corrected chi connectivity index (χ4v) is 1.59. The van der Waals surface area contributed by atoms with Crippen LogP contribution in [-0.2, 0) is 9.59 Å². The van der Waals surface area contributed by atoms with Gasteiger partial charge in [0.2, 0.25) is 0 Å². The van der Waals surface area contributed by atoms with Crippen LogP contribution in [0.15, 0.2) is 0 Å². The lowest BCUT2D eigenvalue weighted by Gasteiger charge is -2.04. The summed E-state index contributed by atoms with van der Waals surface area (Å²) in [6, 6.07) is 0. The lowest BCUT2D eigenvalue weighted by Crippen LogP contribution is -2.11. The molecule has 0 bridgehead atoms. The molecular weight excluding hydrogens is 220 g/mol. The van der Waals surface area contributed by atoms with Crippen LogP contribution in [0, 0.1) is 17.8 Å². The molecule has 0 saturated heterocycles. The molecule has 4 nitrogen and oxygen atoms in total. The van der Waals surface area contributed by atoms with E-state index in [9.17, 15) is 9.59 Å². The quantitative estimate of drug-likeness (QED) is 0.479. The van der Waals surface area contributed by atoms with E-state index in [1.165, 1.54) is 0 Å². The Kier molecular flexibility index (Phi) is 8.85. The molecule has 96 valence electrons. The molecule has 0 aromatic carbocycles. The fraction of sp³-hybridized carbons (Fsp3) is 0.692. The van der Waals surface area contributed by atoms with Gasteiger partial charge in [-0.2, -0.15) is 0 Å². The molecule has 1 unspecified atom stereocenters. The first-order valence-electron chi connectivity index (χ1n) is 5.94. The van der Waals surface area contributed by atoms with E-state index in [0.29, 0.717) is 12.8 Å². The normalized spacial score (nSPS) is 11.4. The Labute approximate surface area is 102 Å². The lowest BCUT2D eigenvalue weighted by molar-refractivity contribution is -0.140. The molecule has 0 aromatic heterocycles. The standard InChI is InChI=1S/C13H20O4/c1-2-8-11(13(16)17)9-6-4-3-5-7-10-12(14)15/h11H,3-7,9-10H2,1H3,(H,14,15)(H,16,17). The van der Waals surface area contributed by atoms with Crippen molar-refractivity contribution in [2.45, 2.75) is 51.9 Å². The van der Waals surface area contributed by atoms with Gasteiger partial charge in [0.15, 0.2) is 0 Å². The third-order valence-corrected chi connectivity index (χ3v) is 2.50. The number of aliphatic carboxylic acids is 2. The molecule has 4 heteroatoms. The summed E-state index contributed by atoms with van der Waals surface area (Å²) < 4.78 is 0. The van der Waals surface area contributed by atoms with E-state index in [-0.39, 0.29) is 6.42 Å². The molecule has 2 N–H and O–H groups in total. The molecule has 0 aliphatic carbocycles. The van der Waals surface area contributed by atoms with E-state index >= 15 is 0 Å². The first kappa shape index (κ1) is 15.5. The first-order chi connectivity index (χ1) is 8.07. The largest absolute Gasteiger partial charge is 0.481 e. The maximum atomic E-state index is 10.8. The van der Waals surface area contributed by atoms with E-state index < -0.39 is 17.9 Å². The molecule has 0 aliphatic heterocycles. The minimum atomic E-state index is -0.856. The van der Waals surface area contributed by atoms with Crippen LogP contribution in [0.1, 0.15) is 51.9 Å². The minimum absolute atomic E-state index is 0.221. The topological polar surface area (TPSA) is 74.6 Å². The molecular formula is C13H20O4. The predicted octanol–water partition coefficient (Wildman–Crippen LogP) is 2.53. The van der Waals surface area contributed by atoms with E-state index in [1.54, 1.807) is 6.92 Å². The number of rotatable bonds is 9. The van der Waals surface area contributed by atoms with Crippen molar-refractivity contribution >= 4 is 11.9 Å². The number of carboxylic acid groups (broad SMARTS) is 2. The van der Waals surface area contributed by atoms with E-state index in [2.05, 4.69) is 11.8 Å². The van der Waals surface area contributed by atoms with Crippen molar-refractivity contribution in [3.8, 4) is 11.8 Å². The second kappa shape index (κ2) is 9.71. The molecule has 0 aromatic rings. The first-order valence-corrected chi connectivity index (χ1v) is 5.94. The monoisotopic (exact) mass is 240 g/mol. The zero-order valence-corrected chi connectivity index (χ0v) is 10.2. The maximum Gasteiger partial charge on any atom is 0.318 e. The summed E-state index contributed by atoms with van der Waals surface area (Å²) in [5, 5.41) is 17.3. The molecule has 0 aliphatic rings. The number of unbranched alkanes of at least 4 members (excludes halogenated alkanes) is 4. The van der Waals surface area contributed by atoms with Crippen molar-refractivity contribution in [2.24, 2.45) is 5.92 Å². The maximum absolute atomic E-state index is 10.8. The second-order valence-corrected chi connectivity index (χ2v) is 3.99. The zero-order chi connectivity index (χ0) is 13.1. The molecule has 0 amide bonds. The van der Waals surface area contributed by atoms with Gasteiger partial charge in [0.25, 0.3) is 0 Å². The molecule has 0 spiro atoms. The van der Waals surface area contributed by atoms with Crippen molar-refractivity contribution in [3.05, 3.63) is 0 Å². The molecule has 0 saturated carbocycles. The summed E-state index contributed by atoms with van der Waals surface area (Å²) in [6.45, 7) is 1.64. The summed E-state index contributed by atoms with van der Waals surface area (Å²) in [6.07, 6.45) is 5.12. The molecule has 0 radical (unpaired) electrons. The molecule has 17 heavy (non-hydrogen) atoms. The SMILES string of the molecule is CC#CC(CCCCCCCC(=O)O)C(=O)O. The summed E-state index contributed by atoms with van der Waals surface area (Å²) >= 11 is 0. The van der Waals surface area contributed by atoms with Crippen molar-refractivity contribution in [2.75, 3.05) is 0 Å². The van der Waals surface area contributed by atoms with Crippen molar-refractivity contribution in [1.29, 1.82) is 0 Å². The molecule has 0 fully saturated rings. The van der Waals surface area contributed by atoms with Crippen LogP contribution in [0.25, 0.3) is 0 Å². The number of carbonyl (C=O) groups is 2. The third-order valence-electron chi connectivity index (χ3n) is 2.50. The Morgan fingerprint density at radius 1 is 1.06 bits per heavy atom. The van der Waals surface area contributed by atoms with E-state index in [1.807, 2.05) is 0 Å². The number of hydrogen-bond donors (Lipinski definition) is 2. The van der Waals surface area contributed by atoms with Crippen molar-refractivity contribution in [3.63, 3.8) is 0 Å². The van der Waals surface area contributed by atoms with Crippen LogP contribution in [0.5, 0.6) is 0 Å². The van der Waals surface area contributed by atoms with E-state index in [0.717, 1.165) is 25.7 Å². The lowest BCUT2D eigenvalue weighted by atomic mass is 10.0. The van der Waals surface area contributed by atoms with Gasteiger partial charge in [0, 0.05) is 6.42 Å². The Balaban J connectivity index is 3.51.